The molecule has 0 saturated heterocycles. The van der Waals surface area contributed by atoms with E-state index < -0.39 is 11.7 Å². The Labute approximate surface area is 175 Å². The molecule has 0 bridgehead atoms. The van der Waals surface area contributed by atoms with Gasteiger partial charge in [-0.15, -0.1) is 0 Å². The zero-order valence-corrected chi connectivity index (χ0v) is 16.1. The second kappa shape index (κ2) is 8.27. The molecule has 0 aliphatic heterocycles. The van der Waals surface area contributed by atoms with Crippen molar-refractivity contribution in [2.45, 2.75) is 6.42 Å². The van der Waals surface area contributed by atoms with Crippen LogP contribution >= 0.6 is 0 Å². The van der Waals surface area contributed by atoms with Crippen LogP contribution in [0.3, 0.4) is 0 Å². The minimum atomic E-state index is -0.709. The Kier molecular flexibility index (Phi) is 5.36. The van der Waals surface area contributed by atoms with Crippen molar-refractivity contribution in [2.75, 3.05) is 11.1 Å². The topological polar surface area (TPSA) is 105 Å². The maximum Gasteiger partial charge on any atom is 0.228 e. The highest BCUT2D eigenvalue weighted by Gasteiger charge is 2.14. The van der Waals surface area contributed by atoms with Gasteiger partial charge in [-0.2, -0.15) is 0 Å². The molecule has 4 aromatic rings. The fraction of sp³-hybridized carbons (Fsp3) is 0.0435. The number of benzene rings is 3. The molecule has 0 fully saturated rings. The van der Waals surface area contributed by atoms with Crippen LogP contribution in [0.4, 0.5) is 20.2 Å². The predicted octanol–water partition coefficient (Wildman–Crippen LogP) is 5.15. The van der Waals surface area contributed by atoms with E-state index in [1.807, 2.05) is 0 Å². The number of carbonyl (C=O) groups excluding carboxylic acids is 1. The number of anilines is 2. The number of allylic oxidation sites excluding steroid dienone is 1. The van der Waals surface area contributed by atoms with Crippen LogP contribution in [0.15, 0.2) is 69.8 Å². The lowest BCUT2D eigenvalue weighted by atomic mass is 10.0. The van der Waals surface area contributed by atoms with Crippen molar-refractivity contribution >= 4 is 40.2 Å². The van der Waals surface area contributed by atoms with Crippen LogP contribution in [0.1, 0.15) is 16.7 Å². The molecule has 1 aromatic heterocycles. The fourth-order valence-electron chi connectivity index (χ4n) is 2.99. The van der Waals surface area contributed by atoms with E-state index in [1.54, 1.807) is 36.4 Å². The molecule has 31 heavy (non-hydrogen) atoms. The van der Waals surface area contributed by atoms with E-state index in [0.29, 0.717) is 22.3 Å². The Morgan fingerprint density at radius 1 is 1.03 bits per heavy atom. The first-order chi connectivity index (χ1) is 14.9. The van der Waals surface area contributed by atoms with Gasteiger partial charge in [0.1, 0.15) is 11.6 Å². The monoisotopic (exact) mass is 421 g/mol. The second-order valence-electron chi connectivity index (χ2n) is 6.89. The largest absolute Gasteiger partial charge is 0.398 e. The Bertz CT molecular complexity index is 1300. The third kappa shape index (κ3) is 4.53. The molecule has 8 heteroatoms. The Morgan fingerprint density at radius 3 is 2.45 bits per heavy atom. The van der Waals surface area contributed by atoms with Gasteiger partial charge in [0.25, 0.3) is 0 Å². The number of hydrogen-bond acceptors (Lipinski definition) is 5. The lowest BCUT2D eigenvalue weighted by molar-refractivity contribution is -0.115. The number of rotatable bonds is 6. The molecule has 4 N–H and O–H groups in total. The number of nitrogens with two attached hydrogens (primary N) is 1. The van der Waals surface area contributed by atoms with Crippen molar-refractivity contribution in [3.05, 3.63) is 89.0 Å². The van der Waals surface area contributed by atoms with Gasteiger partial charge in [-0.05, 0) is 53.6 Å². The first-order valence-electron chi connectivity index (χ1n) is 9.28. The zero-order chi connectivity index (χ0) is 22.0. The summed E-state index contributed by atoms with van der Waals surface area (Å²) in [5.74, 6) is -1.51. The molecule has 1 heterocycles. The van der Waals surface area contributed by atoms with Crippen LogP contribution in [0, 0.1) is 17.0 Å². The number of fused-ring (bicyclic) bond motifs is 1. The molecule has 1 amide bonds. The fourth-order valence-corrected chi connectivity index (χ4v) is 2.99. The van der Waals surface area contributed by atoms with Crippen LogP contribution < -0.4 is 11.1 Å². The molecule has 6 nitrogen and oxygen atoms in total. The van der Waals surface area contributed by atoms with Crippen LogP contribution in [0.5, 0.6) is 0 Å². The van der Waals surface area contributed by atoms with Gasteiger partial charge in [-0.3, -0.25) is 13.9 Å². The van der Waals surface area contributed by atoms with E-state index in [0.717, 1.165) is 6.07 Å². The molecule has 0 aliphatic rings. The van der Waals surface area contributed by atoms with Gasteiger partial charge in [-0.25, -0.2) is 8.78 Å². The maximum absolute atomic E-state index is 14.4. The molecule has 0 atom stereocenters. The SMILES string of the molecule is N=C(/C=C/c1ccc(F)cc1)c1cc(NC(=O)Cc2ccc3ooc3c2)c(F)cc1N. The van der Waals surface area contributed by atoms with Gasteiger partial charge >= 0.3 is 0 Å². The van der Waals surface area contributed by atoms with Gasteiger partial charge < -0.3 is 16.5 Å². The maximum atomic E-state index is 14.4. The predicted molar refractivity (Wildman–Crippen MR) is 114 cm³/mol. The molecular formula is C23H17F2N3O3. The van der Waals surface area contributed by atoms with Crippen molar-refractivity contribution < 1.29 is 22.7 Å². The number of nitrogen functional groups attached to an aromatic ring is 1. The molecule has 3 aromatic carbocycles. The van der Waals surface area contributed by atoms with Gasteiger partial charge in [0, 0.05) is 11.3 Å². The van der Waals surface area contributed by atoms with Gasteiger partial charge in [-0.1, -0.05) is 24.3 Å². The molecule has 156 valence electrons. The van der Waals surface area contributed by atoms with Crippen molar-refractivity contribution in [1.82, 2.24) is 0 Å². The Hall–Kier alpha value is -4.20. The first kappa shape index (κ1) is 20.1. The summed E-state index contributed by atoms with van der Waals surface area (Å²) in [4.78, 5) is 12.4. The van der Waals surface area contributed by atoms with E-state index >= 15 is 0 Å². The molecule has 0 unspecified atom stereocenters. The lowest BCUT2D eigenvalue weighted by Crippen LogP contribution is -2.16. The summed E-state index contributed by atoms with van der Waals surface area (Å²) in [5.41, 5.74) is 8.59. The Morgan fingerprint density at radius 2 is 1.77 bits per heavy atom. The molecule has 0 aliphatic carbocycles. The quantitative estimate of drug-likeness (QED) is 0.227. The van der Waals surface area contributed by atoms with Crippen LogP contribution in [0.2, 0.25) is 0 Å². The smallest absolute Gasteiger partial charge is 0.228 e. The number of hydrogen-bond donors (Lipinski definition) is 3. The molecule has 4 rings (SSSR count). The molecule has 0 spiro atoms. The van der Waals surface area contributed by atoms with E-state index in [-0.39, 0.29) is 34.9 Å². The Balaban J connectivity index is 1.49. The van der Waals surface area contributed by atoms with Crippen molar-refractivity contribution in [3.63, 3.8) is 0 Å². The summed E-state index contributed by atoms with van der Waals surface area (Å²) < 4.78 is 36.9. The lowest BCUT2D eigenvalue weighted by Gasteiger charge is -2.11. The van der Waals surface area contributed by atoms with Gasteiger partial charge in [0.15, 0.2) is 0 Å². The van der Waals surface area contributed by atoms with Crippen molar-refractivity contribution in [3.8, 4) is 0 Å². The van der Waals surface area contributed by atoms with Gasteiger partial charge in [0.05, 0.1) is 17.8 Å². The average molecular weight is 421 g/mol. The summed E-state index contributed by atoms with van der Waals surface area (Å²) >= 11 is 0. The van der Waals surface area contributed by atoms with Gasteiger partial charge in [0.2, 0.25) is 17.1 Å². The highest BCUT2D eigenvalue weighted by molar-refractivity contribution is 6.12. The molecule has 0 saturated carbocycles. The summed E-state index contributed by atoms with van der Waals surface area (Å²) in [7, 11) is 0. The molecule has 0 radical (unpaired) electrons. The van der Waals surface area contributed by atoms with Crippen molar-refractivity contribution in [1.29, 1.82) is 5.41 Å². The second-order valence-corrected chi connectivity index (χ2v) is 6.89. The third-order valence-corrected chi connectivity index (χ3v) is 4.61. The van der Waals surface area contributed by atoms with E-state index in [1.165, 1.54) is 24.3 Å². The highest BCUT2D eigenvalue weighted by atomic mass is 19.1. The summed E-state index contributed by atoms with van der Waals surface area (Å²) in [6.07, 6.45) is 3.07. The summed E-state index contributed by atoms with van der Waals surface area (Å²) in [6, 6.07) is 13.2. The number of carbonyl (C=O) groups is 1. The van der Waals surface area contributed by atoms with Crippen molar-refractivity contribution in [2.24, 2.45) is 0 Å². The average Bonchev–Trinajstić information content (AvgIpc) is 2.71. The van der Waals surface area contributed by atoms with Crippen LogP contribution in [-0.4, -0.2) is 11.6 Å². The van der Waals surface area contributed by atoms with E-state index in [2.05, 4.69) is 5.32 Å². The van der Waals surface area contributed by atoms with Crippen LogP contribution in [0.25, 0.3) is 17.2 Å². The first-order valence-corrected chi connectivity index (χ1v) is 9.28. The zero-order valence-electron chi connectivity index (χ0n) is 16.1. The summed E-state index contributed by atoms with van der Waals surface area (Å²) in [5, 5.41) is 10.7. The third-order valence-electron chi connectivity index (χ3n) is 4.61. The minimum Gasteiger partial charge on any atom is -0.398 e. The standard InChI is InChI=1S/C23H17F2N3O3/c24-15-5-1-13(2-6-15)3-7-18(26)16-11-20(17(25)12-19(16)27)28-23(29)10-14-4-8-21-22(9-14)31-30-21/h1-9,11-12,26H,10,27H2,(H,28,29)/b7-3+,26-18?. The number of amides is 1. The minimum absolute atomic E-state index is 0.00228. The van der Waals surface area contributed by atoms with E-state index in [9.17, 15) is 13.6 Å². The molecular weight excluding hydrogens is 404 g/mol. The summed E-state index contributed by atoms with van der Waals surface area (Å²) in [6.45, 7) is 0. The highest BCUT2D eigenvalue weighted by Crippen LogP contribution is 2.24. The number of nitrogens with one attached hydrogen (secondary N) is 2. The van der Waals surface area contributed by atoms with E-state index in [4.69, 9.17) is 20.3 Å². The van der Waals surface area contributed by atoms with Crippen LogP contribution in [-0.2, 0) is 11.2 Å². The number of halogens is 2. The normalized spacial score (nSPS) is 11.3.